The number of rotatable bonds is 3. The molecule has 1 heterocycles. The van der Waals surface area contributed by atoms with Crippen LogP contribution in [0.4, 0.5) is 0 Å². The zero-order valence-electron chi connectivity index (χ0n) is 9.89. The van der Waals surface area contributed by atoms with E-state index in [-0.39, 0.29) is 0 Å². The van der Waals surface area contributed by atoms with Gasteiger partial charge in [0, 0.05) is 23.0 Å². The molecule has 2 aromatic rings. The van der Waals surface area contributed by atoms with Crippen molar-refractivity contribution < 1.29 is 4.79 Å². The molecule has 0 amide bonds. The van der Waals surface area contributed by atoms with Crippen LogP contribution in [0.25, 0.3) is 11.3 Å². The monoisotopic (exact) mass is 225 g/mol. The van der Waals surface area contributed by atoms with Crippen molar-refractivity contribution in [2.24, 2.45) is 0 Å². The summed E-state index contributed by atoms with van der Waals surface area (Å²) in [4.78, 5) is 11.1. The van der Waals surface area contributed by atoms with Crippen molar-refractivity contribution in [1.82, 2.24) is 4.57 Å². The van der Waals surface area contributed by atoms with Crippen molar-refractivity contribution in [1.29, 1.82) is 0 Å². The molecule has 3 rings (SSSR count). The maximum Gasteiger partial charge on any atom is 0.151 e. The Morgan fingerprint density at radius 2 is 1.94 bits per heavy atom. The second kappa shape index (κ2) is 3.88. The number of aromatic nitrogens is 1. The van der Waals surface area contributed by atoms with Crippen LogP contribution in [0.2, 0.25) is 0 Å². The first kappa shape index (κ1) is 10.3. The standard InChI is InChI=1S/C15H15NO/c1-11-13(10-17)9-15(16(11)14-7-8-14)12-5-3-2-4-6-12/h2-6,9-10,14H,7-8H2,1H3. The summed E-state index contributed by atoms with van der Waals surface area (Å²) in [7, 11) is 0. The maximum atomic E-state index is 11.1. The van der Waals surface area contributed by atoms with Gasteiger partial charge in [-0.2, -0.15) is 0 Å². The summed E-state index contributed by atoms with van der Waals surface area (Å²) in [6.45, 7) is 2.04. The average molecular weight is 225 g/mol. The van der Waals surface area contributed by atoms with Crippen molar-refractivity contribution in [2.75, 3.05) is 0 Å². The molecule has 1 fully saturated rings. The molecule has 2 heteroatoms. The van der Waals surface area contributed by atoms with Crippen molar-refractivity contribution in [3.05, 3.63) is 47.7 Å². The highest BCUT2D eigenvalue weighted by atomic mass is 16.1. The summed E-state index contributed by atoms with van der Waals surface area (Å²) in [6, 6.07) is 12.9. The molecule has 17 heavy (non-hydrogen) atoms. The normalized spacial score (nSPS) is 14.9. The number of aldehydes is 1. The first-order chi connectivity index (χ1) is 8.31. The summed E-state index contributed by atoms with van der Waals surface area (Å²) in [6.07, 6.45) is 3.42. The molecule has 0 atom stereocenters. The minimum atomic E-state index is 0.596. The third kappa shape index (κ3) is 1.70. The second-order valence-electron chi connectivity index (χ2n) is 4.66. The van der Waals surface area contributed by atoms with Crippen LogP contribution in [0.3, 0.4) is 0 Å². The van der Waals surface area contributed by atoms with Gasteiger partial charge in [-0.05, 0) is 31.4 Å². The molecule has 0 N–H and O–H groups in total. The highest BCUT2D eigenvalue weighted by molar-refractivity contribution is 5.81. The minimum absolute atomic E-state index is 0.596. The second-order valence-corrected chi connectivity index (χ2v) is 4.66. The fraction of sp³-hybridized carbons (Fsp3) is 0.267. The van der Waals surface area contributed by atoms with Gasteiger partial charge in [0.1, 0.15) is 0 Å². The Labute approximate surface area is 101 Å². The van der Waals surface area contributed by atoms with E-state index in [0.29, 0.717) is 6.04 Å². The van der Waals surface area contributed by atoms with Gasteiger partial charge in [-0.3, -0.25) is 4.79 Å². The van der Waals surface area contributed by atoms with E-state index in [2.05, 4.69) is 16.7 Å². The Hall–Kier alpha value is -1.83. The highest BCUT2D eigenvalue weighted by Gasteiger charge is 2.28. The fourth-order valence-electron chi connectivity index (χ4n) is 2.39. The number of carbonyl (C=O) groups is 1. The first-order valence-electron chi connectivity index (χ1n) is 6.03. The number of hydrogen-bond donors (Lipinski definition) is 0. The van der Waals surface area contributed by atoms with Crippen LogP contribution in [0.15, 0.2) is 36.4 Å². The summed E-state index contributed by atoms with van der Waals surface area (Å²) in [5, 5.41) is 0. The van der Waals surface area contributed by atoms with Gasteiger partial charge in [0.2, 0.25) is 0 Å². The van der Waals surface area contributed by atoms with Gasteiger partial charge >= 0.3 is 0 Å². The van der Waals surface area contributed by atoms with Crippen LogP contribution in [-0.4, -0.2) is 10.9 Å². The number of carbonyl (C=O) groups excluding carboxylic acids is 1. The topological polar surface area (TPSA) is 22.0 Å². The number of hydrogen-bond acceptors (Lipinski definition) is 1. The lowest BCUT2D eigenvalue weighted by Gasteiger charge is -2.10. The Morgan fingerprint density at radius 1 is 1.24 bits per heavy atom. The summed E-state index contributed by atoms with van der Waals surface area (Å²) >= 11 is 0. The van der Waals surface area contributed by atoms with E-state index >= 15 is 0 Å². The Balaban J connectivity index is 2.18. The smallest absolute Gasteiger partial charge is 0.151 e. The van der Waals surface area contributed by atoms with Gasteiger partial charge < -0.3 is 4.57 Å². The van der Waals surface area contributed by atoms with E-state index in [9.17, 15) is 4.79 Å². The molecule has 1 aromatic carbocycles. The van der Waals surface area contributed by atoms with E-state index in [1.165, 1.54) is 24.1 Å². The Bertz CT molecular complexity index is 550. The maximum absolute atomic E-state index is 11.1. The van der Waals surface area contributed by atoms with Crippen LogP contribution >= 0.6 is 0 Å². The van der Waals surface area contributed by atoms with Crippen molar-refractivity contribution in [2.45, 2.75) is 25.8 Å². The SMILES string of the molecule is Cc1c(C=O)cc(-c2ccccc2)n1C1CC1. The fourth-order valence-corrected chi connectivity index (χ4v) is 2.39. The first-order valence-corrected chi connectivity index (χ1v) is 6.03. The van der Waals surface area contributed by atoms with Crippen molar-refractivity contribution in [3.63, 3.8) is 0 Å². The Morgan fingerprint density at radius 3 is 2.53 bits per heavy atom. The minimum Gasteiger partial charge on any atom is -0.341 e. The third-order valence-corrected chi connectivity index (χ3v) is 3.44. The van der Waals surface area contributed by atoms with E-state index in [1.54, 1.807) is 0 Å². The van der Waals surface area contributed by atoms with Gasteiger partial charge in [0.05, 0.1) is 0 Å². The lowest BCUT2D eigenvalue weighted by Crippen LogP contribution is -1.99. The predicted molar refractivity (Wildman–Crippen MR) is 68.3 cm³/mol. The average Bonchev–Trinajstić information content (AvgIpc) is 3.14. The molecule has 0 radical (unpaired) electrons. The molecule has 0 unspecified atom stereocenters. The summed E-state index contributed by atoms with van der Waals surface area (Å²) in [5.41, 5.74) is 4.28. The zero-order valence-corrected chi connectivity index (χ0v) is 9.89. The molecule has 2 nitrogen and oxygen atoms in total. The van der Waals surface area contributed by atoms with Gasteiger partial charge in [0.25, 0.3) is 0 Å². The molecule has 0 spiro atoms. The zero-order chi connectivity index (χ0) is 11.8. The summed E-state index contributed by atoms with van der Waals surface area (Å²) < 4.78 is 2.32. The van der Waals surface area contributed by atoms with Crippen LogP contribution in [0.5, 0.6) is 0 Å². The number of benzene rings is 1. The van der Waals surface area contributed by atoms with E-state index < -0.39 is 0 Å². The largest absolute Gasteiger partial charge is 0.341 e. The van der Waals surface area contributed by atoms with Crippen LogP contribution in [0.1, 0.15) is 34.9 Å². The van der Waals surface area contributed by atoms with Crippen molar-refractivity contribution >= 4 is 6.29 Å². The quantitative estimate of drug-likeness (QED) is 0.731. The summed E-state index contributed by atoms with van der Waals surface area (Å²) in [5.74, 6) is 0. The highest BCUT2D eigenvalue weighted by Crippen LogP contribution is 2.41. The molecule has 1 aliphatic rings. The van der Waals surface area contributed by atoms with E-state index in [4.69, 9.17) is 0 Å². The molecule has 86 valence electrons. The lowest BCUT2D eigenvalue weighted by atomic mass is 10.1. The molecule has 0 aliphatic heterocycles. The van der Waals surface area contributed by atoms with Gasteiger partial charge in [-0.15, -0.1) is 0 Å². The van der Waals surface area contributed by atoms with Crippen LogP contribution < -0.4 is 0 Å². The number of nitrogens with zero attached hydrogens (tertiary/aromatic N) is 1. The molecule has 1 saturated carbocycles. The third-order valence-electron chi connectivity index (χ3n) is 3.44. The molecular weight excluding hydrogens is 210 g/mol. The van der Waals surface area contributed by atoms with E-state index in [1.807, 2.05) is 31.2 Å². The van der Waals surface area contributed by atoms with Gasteiger partial charge in [0.15, 0.2) is 6.29 Å². The molecular formula is C15H15NO. The molecule has 1 aliphatic carbocycles. The predicted octanol–water partition coefficient (Wildman–Crippen LogP) is 3.61. The lowest BCUT2D eigenvalue weighted by molar-refractivity contribution is 0.112. The van der Waals surface area contributed by atoms with Gasteiger partial charge in [-0.25, -0.2) is 0 Å². The van der Waals surface area contributed by atoms with Crippen molar-refractivity contribution in [3.8, 4) is 11.3 Å². The van der Waals surface area contributed by atoms with Gasteiger partial charge in [-0.1, -0.05) is 30.3 Å². The molecule has 1 aromatic heterocycles. The molecule has 0 bridgehead atoms. The Kier molecular flexibility index (Phi) is 2.36. The molecule has 0 saturated heterocycles. The van der Waals surface area contributed by atoms with Crippen LogP contribution in [-0.2, 0) is 0 Å². The van der Waals surface area contributed by atoms with Crippen LogP contribution in [0, 0.1) is 6.92 Å². The van der Waals surface area contributed by atoms with E-state index in [0.717, 1.165) is 17.5 Å².